The van der Waals surface area contributed by atoms with E-state index in [1.165, 1.54) is 6.07 Å². The number of ketones is 2. The highest BCUT2D eigenvalue weighted by Crippen LogP contribution is 2.32. The van der Waals surface area contributed by atoms with E-state index in [1.807, 2.05) is 0 Å². The lowest BCUT2D eigenvalue weighted by molar-refractivity contribution is -0.402. The summed E-state index contributed by atoms with van der Waals surface area (Å²) in [6.45, 7) is 0. The van der Waals surface area contributed by atoms with E-state index in [1.54, 1.807) is 36.4 Å². The van der Waals surface area contributed by atoms with Crippen LogP contribution in [0.1, 0.15) is 31.8 Å². The maximum atomic E-state index is 12.3. The molecule has 0 unspecified atom stereocenters. The zero-order chi connectivity index (χ0) is 16.3. The second kappa shape index (κ2) is 5.80. The van der Waals surface area contributed by atoms with Crippen molar-refractivity contribution in [1.29, 1.82) is 5.39 Å². The van der Waals surface area contributed by atoms with Gasteiger partial charge in [0, 0.05) is 22.8 Å². The van der Waals surface area contributed by atoms with Crippen molar-refractivity contribution in [3.05, 3.63) is 85.0 Å². The van der Waals surface area contributed by atoms with E-state index in [2.05, 4.69) is 4.98 Å². The van der Waals surface area contributed by atoms with Crippen molar-refractivity contribution in [3.8, 4) is 0 Å². The molecule has 0 amide bonds. The van der Waals surface area contributed by atoms with Gasteiger partial charge < -0.3 is 15.3 Å². The Kier molecular flexibility index (Phi) is 3.90. The smallest absolute Gasteiger partial charge is 0.356 e. The number of diazo groups is 1. The van der Waals surface area contributed by atoms with Crippen LogP contribution in [-0.4, -0.2) is 16.7 Å². The van der Waals surface area contributed by atoms with Crippen molar-refractivity contribution in [2.45, 2.75) is 0 Å². The fraction of sp³-hybridized carbons (Fsp3) is 0. The highest BCUT2D eigenvalue weighted by Gasteiger charge is 2.35. The molecule has 0 radical (unpaired) electrons. The number of fused-ring (bicyclic) bond motifs is 2. The van der Waals surface area contributed by atoms with E-state index < -0.39 is 5.09 Å². The first kappa shape index (κ1) is 14.8. The van der Waals surface area contributed by atoms with Gasteiger partial charge in [0.1, 0.15) is 5.56 Å². The van der Waals surface area contributed by atoms with Crippen molar-refractivity contribution in [2.24, 2.45) is 0 Å². The van der Waals surface area contributed by atoms with E-state index >= 15 is 0 Å². The summed E-state index contributed by atoms with van der Waals surface area (Å²) in [4.78, 5) is 35.9. The second-order valence-corrected chi connectivity index (χ2v) is 4.23. The summed E-state index contributed by atoms with van der Waals surface area (Å²) in [7, 11) is 0. The maximum Gasteiger partial charge on any atom is 0.396 e. The molecule has 0 heterocycles. The molecule has 0 bridgehead atoms. The Morgan fingerprint density at radius 1 is 0.864 bits per heavy atom. The molecule has 2 aromatic rings. The third kappa shape index (κ3) is 2.51. The molecule has 8 heteroatoms. The van der Waals surface area contributed by atoms with Crippen molar-refractivity contribution < 1.29 is 14.7 Å². The number of hydrogen-bond acceptors (Lipinski definition) is 6. The first-order valence-electron chi connectivity index (χ1n) is 5.95. The van der Waals surface area contributed by atoms with Crippen LogP contribution in [0.25, 0.3) is 4.98 Å². The quantitative estimate of drug-likeness (QED) is 0.356. The summed E-state index contributed by atoms with van der Waals surface area (Å²) in [5.74, 6) is -0.501. The lowest BCUT2D eigenvalue weighted by Crippen LogP contribution is -2.20. The van der Waals surface area contributed by atoms with Gasteiger partial charge in [-0.1, -0.05) is 30.3 Å². The van der Waals surface area contributed by atoms with Crippen molar-refractivity contribution in [3.63, 3.8) is 0 Å². The molecule has 8 nitrogen and oxygen atoms in total. The first-order valence-corrected chi connectivity index (χ1v) is 5.95. The van der Waals surface area contributed by atoms with Gasteiger partial charge in [-0.3, -0.25) is 9.59 Å². The fourth-order valence-corrected chi connectivity index (χ4v) is 2.21. The third-order valence-electron chi connectivity index (χ3n) is 3.04. The lowest BCUT2D eigenvalue weighted by Gasteiger charge is -2.14. The van der Waals surface area contributed by atoms with Crippen LogP contribution in [0.5, 0.6) is 0 Å². The van der Waals surface area contributed by atoms with Crippen molar-refractivity contribution >= 4 is 17.3 Å². The summed E-state index contributed by atoms with van der Waals surface area (Å²) in [5, 5.41) is 23.7. The van der Waals surface area contributed by atoms with E-state index in [0.717, 1.165) is 0 Å². The predicted molar refractivity (Wildman–Crippen MR) is 74.9 cm³/mol. The topological polar surface area (TPSA) is 128 Å². The minimum atomic E-state index is -1.75. The van der Waals surface area contributed by atoms with Gasteiger partial charge in [0.2, 0.25) is 11.2 Å². The molecule has 22 heavy (non-hydrogen) atoms. The van der Waals surface area contributed by atoms with Crippen LogP contribution in [0.15, 0.2) is 42.5 Å². The van der Waals surface area contributed by atoms with Gasteiger partial charge in [-0.15, -0.1) is 0 Å². The van der Waals surface area contributed by atoms with Gasteiger partial charge in [0.15, 0.2) is 10.8 Å². The van der Waals surface area contributed by atoms with Crippen molar-refractivity contribution in [1.82, 2.24) is 0 Å². The average Bonchev–Trinajstić information content (AvgIpc) is 2.51. The van der Waals surface area contributed by atoms with Crippen LogP contribution in [-0.2, 0) is 0 Å². The maximum absolute atomic E-state index is 12.3. The fourth-order valence-electron chi connectivity index (χ4n) is 2.21. The molecule has 108 valence electrons. The van der Waals surface area contributed by atoms with E-state index in [-0.39, 0.29) is 28.4 Å². The van der Waals surface area contributed by atoms with Gasteiger partial charge >= 0.3 is 5.69 Å². The monoisotopic (exact) mass is 297 g/mol. The molecule has 1 aliphatic carbocycles. The molecule has 0 saturated heterocycles. The molecule has 0 fully saturated rings. The first-order chi connectivity index (χ1) is 10.5. The molecule has 3 rings (SSSR count). The molecule has 2 aromatic carbocycles. The number of rotatable bonds is 0. The molecular formula is C14H7N3O5. The Hall–Kier alpha value is -3.60. The molecule has 0 aliphatic heterocycles. The van der Waals surface area contributed by atoms with Crippen LogP contribution >= 0.6 is 0 Å². The Morgan fingerprint density at radius 3 is 1.91 bits per heavy atom. The minimum Gasteiger partial charge on any atom is -0.356 e. The predicted octanol–water partition coefficient (Wildman–Crippen LogP) is 2.71. The van der Waals surface area contributed by atoms with Gasteiger partial charge in [-0.05, 0) is 6.07 Å². The Balaban J connectivity index is 0.000000396. The minimum absolute atomic E-state index is 0.125. The van der Waals surface area contributed by atoms with Gasteiger partial charge in [-0.2, -0.15) is 0 Å². The zero-order valence-corrected chi connectivity index (χ0v) is 10.9. The SMILES string of the molecule is N#[N+]c1cccc2c1C(=O)c1ccccc1C2=O.O=[N+]([O-])[O-]. The van der Waals surface area contributed by atoms with E-state index in [9.17, 15) is 9.59 Å². The molecule has 0 spiro atoms. The molecule has 1 aliphatic rings. The summed E-state index contributed by atoms with van der Waals surface area (Å²) < 4.78 is 0. The third-order valence-corrected chi connectivity index (χ3v) is 3.04. The summed E-state index contributed by atoms with van der Waals surface area (Å²) >= 11 is 0. The molecule has 0 atom stereocenters. The Morgan fingerprint density at radius 2 is 1.36 bits per heavy atom. The summed E-state index contributed by atoms with van der Waals surface area (Å²) in [5.41, 5.74) is 1.33. The van der Waals surface area contributed by atoms with Crippen LogP contribution in [0.4, 0.5) is 5.69 Å². The molecular weight excluding hydrogens is 290 g/mol. The van der Waals surface area contributed by atoms with Crippen LogP contribution < -0.4 is 0 Å². The van der Waals surface area contributed by atoms with E-state index in [0.29, 0.717) is 11.1 Å². The highest BCUT2D eigenvalue weighted by molar-refractivity contribution is 6.30. The van der Waals surface area contributed by atoms with Crippen molar-refractivity contribution in [2.75, 3.05) is 0 Å². The number of benzene rings is 2. The lowest BCUT2D eigenvalue weighted by atomic mass is 9.83. The average molecular weight is 297 g/mol. The van der Waals surface area contributed by atoms with Crippen LogP contribution in [0, 0.1) is 20.7 Å². The number of nitrogens with zero attached hydrogens (tertiary/aromatic N) is 3. The zero-order valence-electron chi connectivity index (χ0n) is 10.9. The standard InChI is InChI=1S/C14H7N2O2.NO3/c15-16-11-7-3-6-10-12(11)14(18)9-5-2-1-4-8(9)13(10)17;2-1(3)4/h1-7H;/q+1;-1. The van der Waals surface area contributed by atoms with Crippen LogP contribution in [0.3, 0.4) is 0 Å². The van der Waals surface area contributed by atoms with Gasteiger partial charge in [0.05, 0.1) is 5.09 Å². The van der Waals surface area contributed by atoms with Crippen LogP contribution in [0.2, 0.25) is 0 Å². The summed E-state index contributed by atoms with van der Waals surface area (Å²) in [6, 6.07) is 11.3. The molecule has 0 saturated carbocycles. The van der Waals surface area contributed by atoms with Gasteiger partial charge in [0.25, 0.3) is 0 Å². The molecule has 0 aromatic heterocycles. The van der Waals surface area contributed by atoms with E-state index in [4.69, 9.17) is 20.7 Å². The summed E-state index contributed by atoms with van der Waals surface area (Å²) in [6.07, 6.45) is 0. The number of carbonyl (C=O) groups excluding carboxylic acids is 2. The highest BCUT2D eigenvalue weighted by atomic mass is 16.9. The normalized spacial score (nSPS) is 11.4. The number of hydrogen-bond donors (Lipinski definition) is 0. The second-order valence-electron chi connectivity index (χ2n) is 4.23. The largest absolute Gasteiger partial charge is 0.396 e. The Bertz CT molecular complexity index is 835. The van der Waals surface area contributed by atoms with Gasteiger partial charge in [-0.25, -0.2) is 0 Å². The Labute approximate surface area is 123 Å². The number of carbonyl (C=O) groups is 2. The molecule has 0 N–H and O–H groups in total.